The fourth-order valence-corrected chi connectivity index (χ4v) is 4.13. The average Bonchev–Trinajstić information content (AvgIpc) is 2.60. The largest absolute Gasteiger partial charge is 0.507 e. The Morgan fingerprint density at radius 3 is 2.41 bits per heavy atom. The number of aromatic hydroxyl groups is 2. The monoisotopic (exact) mass is 370 g/mol. The zero-order chi connectivity index (χ0) is 19.7. The van der Waals surface area contributed by atoms with Crippen molar-refractivity contribution in [1.82, 2.24) is 0 Å². The Balaban J connectivity index is 2.06. The van der Waals surface area contributed by atoms with Gasteiger partial charge in [0.05, 0.1) is 35.5 Å². The summed E-state index contributed by atoms with van der Waals surface area (Å²) in [4.78, 5) is 26.1. The minimum atomic E-state index is -1.33. The normalized spacial score (nSPS) is 23.5. The van der Waals surface area contributed by atoms with E-state index >= 15 is 0 Å². The van der Waals surface area contributed by atoms with Crippen LogP contribution in [0.2, 0.25) is 0 Å². The second-order valence-corrected chi connectivity index (χ2v) is 7.27. The molecular formula is C20H18O7. The van der Waals surface area contributed by atoms with Crippen LogP contribution in [0.5, 0.6) is 17.2 Å². The number of methoxy groups -OCH3 is 1. The second kappa shape index (κ2) is 5.55. The molecule has 0 spiro atoms. The maximum absolute atomic E-state index is 13.1. The maximum Gasteiger partial charge on any atom is 0.202 e. The van der Waals surface area contributed by atoms with Crippen LogP contribution in [0.1, 0.15) is 62.4 Å². The number of hydrogen-bond donors (Lipinski definition) is 4. The predicted octanol–water partition coefficient (Wildman–Crippen LogP) is 1.61. The third kappa shape index (κ3) is 2.28. The van der Waals surface area contributed by atoms with Gasteiger partial charge in [0.25, 0.3) is 0 Å². The molecule has 2 unspecified atom stereocenters. The minimum Gasteiger partial charge on any atom is -0.507 e. The number of carbonyl (C=O) groups is 2. The summed E-state index contributed by atoms with van der Waals surface area (Å²) >= 11 is 0. The van der Waals surface area contributed by atoms with Crippen molar-refractivity contribution in [1.29, 1.82) is 0 Å². The average molecular weight is 370 g/mol. The lowest BCUT2D eigenvalue weighted by Crippen LogP contribution is -2.35. The Labute approximate surface area is 154 Å². The van der Waals surface area contributed by atoms with Crippen LogP contribution in [0.4, 0.5) is 0 Å². The number of ether oxygens (including phenoxy) is 1. The Bertz CT molecular complexity index is 1020. The van der Waals surface area contributed by atoms with Gasteiger partial charge in [-0.3, -0.25) is 9.59 Å². The summed E-state index contributed by atoms with van der Waals surface area (Å²) in [6.07, 6.45) is -1.44. The molecule has 0 amide bonds. The van der Waals surface area contributed by atoms with E-state index in [1.165, 1.54) is 26.2 Å². The van der Waals surface area contributed by atoms with Crippen molar-refractivity contribution < 1.29 is 34.8 Å². The van der Waals surface area contributed by atoms with Gasteiger partial charge in [0.1, 0.15) is 17.2 Å². The summed E-state index contributed by atoms with van der Waals surface area (Å²) in [5, 5.41) is 42.2. The SMILES string of the molecule is COc1cccc2c1C(=O)c1c(O)c3c(c(O)c1C2=O)CC(C)(O)CC3O. The molecule has 7 heteroatoms. The van der Waals surface area contributed by atoms with Crippen LogP contribution in [0.25, 0.3) is 0 Å². The molecule has 2 aromatic carbocycles. The third-order valence-electron chi connectivity index (χ3n) is 5.29. The molecule has 0 saturated heterocycles. The van der Waals surface area contributed by atoms with Gasteiger partial charge in [-0.25, -0.2) is 0 Å². The van der Waals surface area contributed by atoms with Crippen molar-refractivity contribution in [2.75, 3.05) is 7.11 Å². The number of aliphatic hydroxyl groups is 2. The quantitative estimate of drug-likeness (QED) is 0.480. The summed E-state index contributed by atoms with van der Waals surface area (Å²) < 4.78 is 5.18. The van der Waals surface area contributed by atoms with Gasteiger partial charge in [0, 0.05) is 29.5 Å². The number of carbonyl (C=O) groups excluding carboxylic acids is 2. The van der Waals surface area contributed by atoms with E-state index in [4.69, 9.17) is 4.74 Å². The van der Waals surface area contributed by atoms with Gasteiger partial charge < -0.3 is 25.2 Å². The maximum atomic E-state index is 13.1. The highest BCUT2D eigenvalue weighted by molar-refractivity contribution is 6.31. The van der Waals surface area contributed by atoms with Gasteiger partial charge in [-0.05, 0) is 13.0 Å². The van der Waals surface area contributed by atoms with Gasteiger partial charge in [0.2, 0.25) is 5.78 Å². The molecule has 2 aliphatic rings. The number of aliphatic hydroxyl groups excluding tert-OH is 1. The number of fused-ring (bicyclic) bond motifs is 3. The van der Waals surface area contributed by atoms with Crippen molar-refractivity contribution in [3.8, 4) is 17.2 Å². The summed E-state index contributed by atoms with van der Waals surface area (Å²) in [7, 11) is 1.36. The van der Waals surface area contributed by atoms with E-state index in [-0.39, 0.29) is 52.0 Å². The lowest BCUT2D eigenvalue weighted by molar-refractivity contribution is -0.00904. The molecule has 7 nitrogen and oxygen atoms in total. The third-order valence-corrected chi connectivity index (χ3v) is 5.29. The van der Waals surface area contributed by atoms with Crippen molar-refractivity contribution >= 4 is 11.6 Å². The Morgan fingerprint density at radius 1 is 1.07 bits per heavy atom. The zero-order valence-corrected chi connectivity index (χ0v) is 14.7. The van der Waals surface area contributed by atoms with Crippen LogP contribution >= 0.6 is 0 Å². The van der Waals surface area contributed by atoms with E-state index in [9.17, 15) is 30.0 Å². The van der Waals surface area contributed by atoms with Crippen molar-refractivity contribution in [2.24, 2.45) is 0 Å². The van der Waals surface area contributed by atoms with E-state index < -0.39 is 34.8 Å². The van der Waals surface area contributed by atoms with Crippen molar-refractivity contribution in [3.63, 3.8) is 0 Å². The molecule has 0 heterocycles. The lowest BCUT2D eigenvalue weighted by atomic mass is 9.73. The van der Waals surface area contributed by atoms with Crippen LogP contribution in [-0.4, -0.2) is 44.7 Å². The zero-order valence-electron chi connectivity index (χ0n) is 14.7. The molecule has 2 aliphatic carbocycles. The molecule has 0 aliphatic heterocycles. The molecule has 27 heavy (non-hydrogen) atoms. The molecule has 0 fully saturated rings. The summed E-state index contributed by atoms with van der Waals surface area (Å²) in [6.45, 7) is 1.49. The molecule has 4 rings (SSSR count). The standard InChI is InChI=1S/C20H18O7/c1-20(26)6-9-12(10(21)7-20)18(24)15-14(17(9)23)16(22)8-4-3-5-11(27-2)13(8)19(15)25/h3-5,10,21,23-24,26H,6-7H2,1-2H3. The number of benzene rings is 2. The predicted molar refractivity (Wildman–Crippen MR) is 93.5 cm³/mol. The van der Waals surface area contributed by atoms with Crippen molar-refractivity contribution in [3.05, 3.63) is 51.6 Å². The highest BCUT2D eigenvalue weighted by Gasteiger charge is 2.44. The van der Waals surface area contributed by atoms with E-state index in [2.05, 4.69) is 0 Å². The van der Waals surface area contributed by atoms with Crippen molar-refractivity contribution in [2.45, 2.75) is 31.5 Å². The first-order valence-electron chi connectivity index (χ1n) is 8.45. The Morgan fingerprint density at radius 2 is 1.74 bits per heavy atom. The van der Waals surface area contributed by atoms with Gasteiger partial charge >= 0.3 is 0 Å². The first-order chi connectivity index (χ1) is 12.7. The summed E-state index contributed by atoms with van der Waals surface area (Å²) in [6, 6.07) is 4.52. The van der Waals surface area contributed by atoms with Gasteiger partial charge in [-0.1, -0.05) is 12.1 Å². The van der Waals surface area contributed by atoms with Gasteiger partial charge in [0.15, 0.2) is 5.78 Å². The molecule has 140 valence electrons. The van der Waals surface area contributed by atoms with Crippen LogP contribution in [0, 0.1) is 0 Å². The van der Waals surface area contributed by atoms with E-state index in [1.54, 1.807) is 6.07 Å². The molecular weight excluding hydrogens is 352 g/mol. The first kappa shape index (κ1) is 17.5. The molecule has 0 saturated carbocycles. The number of rotatable bonds is 1. The topological polar surface area (TPSA) is 124 Å². The van der Waals surface area contributed by atoms with E-state index in [0.29, 0.717) is 0 Å². The second-order valence-electron chi connectivity index (χ2n) is 7.27. The lowest BCUT2D eigenvalue weighted by Gasteiger charge is -2.35. The fourth-order valence-electron chi connectivity index (χ4n) is 4.13. The van der Waals surface area contributed by atoms with E-state index in [0.717, 1.165) is 0 Å². The van der Waals surface area contributed by atoms with Crippen LogP contribution < -0.4 is 4.74 Å². The summed E-state index contributed by atoms with van der Waals surface area (Å²) in [5.41, 5.74) is -1.89. The molecule has 2 aromatic rings. The smallest absolute Gasteiger partial charge is 0.202 e. The fraction of sp³-hybridized carbons (Fsp3) is 0.300. The molecule has 4 N–H and O–H groups in total. The molecule has 2 atom stereocenters. The van der Waals surface area contributed by atoms with E-state index in [1.807, 2.05) is 0 Å². The first-order valence-corrected chi connectivity index (χ1v) is 8.45. The van der Waals surface area contributed by atoms with Gasteiger partial charge in [-0.15, -0.1) is 0 Å². The van der Waals surface area contributed by atoms with Crippen LogP contribution in [-0.2, 0) is 6.42 Å². The number of phenolic OH excluding ortho intramolecular Hbond substituents is 2. The van der Waals surface area contributed by atoms with Gasteiger partial charge in [-0.2, -0.15) is 0 Å². The van der Waals surface area contributed by atoms with Crippen LogP contribution in [0.15, 0.2) is 18.2 Å². The Kier molecular flexibility index (Phi) is 3.60. The minimum absolute atomic E-state index is 0.00412. The Hall–Kier alpha value is -2.90. The summed E-state index contributed by atoms with van der Waals surface area (Å²) in [5.74, 6) is -2.16. The molecule has 0 bridgehead atoms. The van der Waals surface area contributed by atoms with Crippen LogP contribution in [0.3, 0.4) is 0 Å². The molecule has 0 radical (unpaired) electrons. The highest BCUT2D eigenvalue weighted by atomic mass is 16.5. The number of phenols is 2. The number of hydrogen-bond acceptors (Lipinski definition) is 7. The molecule has 0 aromatic heterocycles. The number of ketones is 2. The highest BCUT2D eigenvalue weighted by Crippen LogP contribution is 2.50.